The highest BCUT2D eigenvalue weighted by molar-refractivity contribution is 5.74. The van der Waals surface area contributed by atoms with Gasteiger partial charge in [0.2, 0.25) is 0 Å². The van der Waals surface area contributed by atoms with Crippen LogP contribution in [0, 0.1) is 27.4 Å². The summed E-state index contributed by atoms with van der Waals surface area (Å²) in [5, 5.41) is 24.9. The van der Waals surface area contributed by atoms with E-state index in [4.69, 9.17) is 14.2 Å². The van der Waals surface area contributed by atoms with Gasteiger partial charge in [-0.1, -0.05) is 0 Å². The number of nitro groups is 1. The molecule has 0 unspecified atom stereocenters. The van der Waals surface area contributed by atoms with E-state index in [9.17, 15) is 25.0 Å². The summed E-state index contributed by atoms with van der Waals surface area (Å²) in [6.07, 6.45) is 4.37. The Labute approximate surface area is 237 Å². The van der Waals surface area contributed by atoms with Gasteiger partial charge in [0.05, 0.1) is 41.4 Å². The molecule has 0 spiro atoms. The molecule has 12 heteroatoms. The molecule has 12 nitrogen and oxygen atoms in total. The molecule has 0 N–H and O–H groups in total. The Morgan fingerprint density at radius 1 is 1.20 bits per heavy atom. The molecule has 41 heavy (non-hydrogen) atoms. The third-order valence-electron chi connectivity index (χ3n) is 6.75. The fourth-order valence-electron chi connectivity index (χ4n) is 4.76. The molecule has 2 atom stereocenters. The zero-order chi connectivity index (χ0) is 29.5. The van der Waals surface area contributed by atoms with Gasteiger partial charge in [-0.15, -0.1) is 0 Å². The second kappa shape index (κ2) is 13.0. The maximum atomic E-state index is 12.4. The van der Waals surface area contributed by atoms with Crippen molar-refractivity contribution in [3.05, 3.63) is 64.1 Å². The Bertz CT molecular complexity index is 1460. The lowest BCUT2D eigenvalue weighted by Crippen LogP contribution is -2.32. The van der Waals surface area contributed by atoms with Gasteiger partial charge in [-0.3, -0.25) is 24.4 Å². The van der Waals surface area contributed by atoms with Crippen molar-refractivity contribution in [3.63, 3.8) is 0 Å². The number of rotatable bonds is 10. The zero-order valence-corrected chi connectivity index (χ0v) is 23.1. The molecule has 1 aliphatic carbocycles. The number of nitriles is 1. The average Bonchev–Trinajstić information content (AvgIpc) is 3.32. The lowest BCUT2D eigenvalue weighted by Gasteiger charge is -2.29. The van der Waals surface area contributed by atoms with Crippen LogP contribution in [0.3, 0.4) is 0 Å². The van der Waals surface area contributed by atoms with Crippen LogP contribution in [0.5, 0.6) is 11.5 Å². The van der Waals surface area contributed by atoms with E-state index in [1.54, 1.807) is 30.1 Å². The summed E-state index contributed by atoms with van der Waals surface area (Å²) in [4.78, 5) is 39.6. The van der Waals surface area contributed by atoms with Crippen molar-refractivity contribution in [1.29, 1.82) is 5.26 Å². The van der Waals surface area contributed by atoms with Crippen molar-refractivity contribution >= 4 is 17.6 Å². The SMILES string of the molecule is CC(C)OC(=O)[C@H]1CCC[C@H](Oc2ccc(-c3cnn(C)c3CCC(=O)Oc3ccc([N+](=O)[O-])cc3)nc2C#N)C1. The third kappa shape index (κ3) is 7.45. The van der Waals surface area contributed by atoms with Gasteiger partial charge < -0.3 is 14.2 Å². The second-order valence-corrected chi connectivity index (χ2v) is 10.1. The van der Waals surface area contributed by atoms with E-state index in [0.717, 1.165) is 25.0 Å². The van der Waals surface area contributed by atoms with Crippen molar-refractivity contribution in [2.24, 2.45) is 13.0 Å². The summed E-state index contributed by atoms with van der Waals surface area (Å²) < 4.78 is 18.4. The van der Waals surface area contributed by atoms with E-state index in [-0.39, 0.29) is 54.1 Å². The van der Waals surface area contributed by atoms with Crippen LogP contribution in [0.25, 0.3) is 11.3 Å². The zero-order valence-electron chi connectivity index (χ0n) is 23.1. The topological polar surface area (TPSA) is 159 Å². The van der Waals surface area contributed by atoms with Gasteiger partial charge in [0.25, 0.3) is 5.69 Å². The standard InChI is InChI=1S/C29H31N5O7/c1-18(2)39-29(36)19-5-4-6-22(15-19)40-27-13-11-24(32-25(27)16-30)23-17-31-33(3)26(23)12-14-28(35)41-21-9-7-20(8-10-21)34(37)38/h7-11,13,17-19,22H,4-6,12,14-15H2,1-3H3/t19-,22-/m0/s1. The number of aryl methyl sites for hydroxylation is 1. The molecule has 0 saturated heterocycles. The average molecular weight is 562 g/mol. The molecule has 0 aliphatic heterocycles. The summed E-state index contributed by atoms with van der Waals surface area (Å²) in [6, 6.07) is 10.8. The van der Waals surface area contributed by atoms with Gasteiger partial charge in [0, 0.05) is 36.9 Å². The Hall–Kier alpha value is -4.79. The van der Waals surface area contributed by atoms with Crippen LogP contribution in [-0.2, 0) is 27.8 Å². The Kier molecular flexibility index (Phi) is 9.29. The first-order chi connectivity index (χ1) is 19.6. The Morgan fingerprint density at radius 3 is 2.63 bits per heavy atom. The molecule has 0 bridgehead atoms. The molecule has 2 heterocycles. The van der Waals surface area contributed by atoms with Crippen LogP contribution in [0.2, 0.25) is 0 Å². The smallest absolute Gasteiger partial charge is 0.311 e. The van der Waals surface area contributed by atoms with Crippen LogP contribution >= 0.6 is 0 Å². The molecule has 1 fully saturated rings. The van der Waals surface area contributed by atoms with E-state index >= 15 is 0 Å². The molecule has 214 valence electrons. The van der Waals surface area contributed by atoms with Crippen LogP contribution in [0.15, 0.2) is 42.6 Å². The summed E-state index contributed by atoms with van der Waals surface area (Å²) in [5.41, 5.74) is 1.89. The predicted octanol–water partition coefficient (Wildman–Crippen LogP) is 4.69. The van der Waals surface area contributed by atoms with Crippen LogP contribution in [0.4, 0.5) is 5.69 Å². The molecule has 2 aromatic heterocycles. The molecule has 1 aromatic carbocycles. The minimum absolute atomic E-state index is 0.0257. The molecule has 0 radical (unpaired) electrons. The lowest BCUT2D eigenvalue weighted by molar-refractivity contribution is -0.384. The monoisotopic (exact) mass is 561 g/mol. The normalized spacial score (nSPS) is 16.6. The number of benzene rings is 1. The first-order valence-corrected chi connectivity index (χ1v) is 13.4. The number of carbonyl (C=O) groups excluding carboxylic acids is 2. The predicted molar refractivity (Wildman–Crippen MR) is 146 cm³/mol. The summed E-state index contributed by atoms with van der Waals surface area (Å²) >= 11 is 0. The molecule has 3 aromatic rings. The quantitative estimate of drug-likeness (QED) is 0.147. The largest absolute Gasteiger partial charge is 0.487 e. The highest BCUT2D eigenvalue weighted by atomic mass is 16.6. The number of nitro benzene ring substituents is 1. The van der Waals surface area contributed by atoms with E-state index < -0.39 is 10.9 Å². The van der Waals surface area contributed by atoms with E-state index in [1.165, 1.54) is 24.3 Å². The Balaban J connectivity index is 1.42. The fourth-order valence-corrected chi connectivity index (χ4v) is 4.76. The van der Waals surface area contributed by atoms with Crippen molar-refractivity contribution in [3.8, 4) is 28.8 Å². The van der Waals surface area contributed by atoms with Crippen molar-refractivity contribution < 1.29 is 28.7 Å². The van der Waals surface area contributed by atoms with Gasteiger partial charge in [0.15, 0.2) is 11.4 Å². The highest BCUT2D eigenvalue weighted by Crippen LogP contribution is 2.32. The molecule has 0 amide bonds. The number of esters is 2. The summed E-state index contributed by atoms with van der Waals surface area (Å²) in [7, 11) is 1.74. The number of hydrogen-bond donors (Lipinski definition) is 0. The van der Waals surface area contributed by atoms with Gasteiger partial charge >= 0.3 is 11.9 Å². The number of aromatic nitrogens is 3. The van der Waals surface area contributed by atoms with Gasteiger partial charge in [-0.25, -0.2) is 4.98 Å². The van der Waals surface area contributed by atoms with Crippen molar-refractivity contribution in [2.75, 3.05) is 0 Å². The van der Waals surface area contributed by atoms with E-state index in [0.29, 0.717) is 23.4 Å². The maximum Gasteiger partial charge on any atom is 0.311 e. The lowest BCUT2D eigenvalue weighted by atomic mass is 9.87. The van der Waals surface area contributed by atoms with E-state index in [2.05, 4.69) is 16.2 Å². The van der Waals surface area contributed by atoms with Crippen LogP contribution in [0.1, 0.15) is 57.3 Å². The number of non-ortho nitro benzene ring substituents is 1. The number of nitrogens with zero attached hydrogens (tertiary/aromatic N) is 5. The number of hydrogen-bond acceptors (Lipinski definition) is 10. The number of pyridine rings is 1. The van der Waals surface area contributed by atoms with Crippen molar-refractivity contribution in [1.82, 2.24) is 14.8 Å². The first-order valence-electron chi connectivity index (χ1n) is 13.4. The summed E-state index contributed by atoms with van der Waals surface area (Å²) in [6.45, 7) is 3.64. The van der Waals surface area contributed by atoms with Crippen LogP contribution < -0.4 is 9.47 Å². The number of ether oxygens (including phenoxy) is 3. The van der Waals surface area contributed by atoms with Gasteiger partial charge in [0.1, 0.15) is 11.8 Å². The number of carbonyl (C=O) groups is 2. The van der Waals surface area contributed by atoms with Gasteiger partial charge in [-0.2, -0.15) is 10.4 Å². The molecule has 1 aliphatic rings. The second-order valence-electron chi connectivity index (χ2n) is 10.1. The third-order valence-corrected chi connectivity index (χ3v) is 6.75. The minimum atomic E-state index is -0.530. The van der Waals surface area contributed by atoms with E-state index in [1.807, 2.05) is 13.8 Å². The minimum Gasteiger partial charge on any atom is -0.487 e. The summed E-state index contributed by atoms with van der Waals surface area (Å²) in [5.74, 6) is -0.412. The molecular weight excluding hydrogens is 530 g/mol. The van der Waals surface area contributed by atoms with Crippen molar-refractivity contribution in [2.45, 2.75) is 64.6 Å². The Morgan fingerprint density at radius 2 is 1.95 bits per heavy atom. The highest BCUT2D eigenvalue weighted by Gasteiger charge is 2.30. The molecule has 4 rings (SSSR count). The maximum absolute atomic E-state index is 12.4. The van der Waals surface area contributed by atoms with Crippen LogP contribution in [-0.4, -0.2) is 43.8 Å². The molecular formula is C29H31N5O7. The van der Waals surface area contributed by atoms with Gasteiger partial charge in [-0.05, 0) is 63.8 Å². The molecule has 1 saturated carbocycles. The first kappa shape index (κ1) is 29.2. The fraction of sp³-hybridized carbons (Fsp3) is 0.414.